The number of fused-ring (bicyclic) bond motifs is 1. The Kier molecular flexibility index (Phi) is 5.91. The quantitative estimate of drug-likeness (QED) is 0.607. The van der Waals surface area contributed by atoms with Crippen molar-refractivity contribution in [3.05, 3.63) is 47.5 Å². The van der Waals surface area contributed by atoms with Crippen molar-refractivity contribution in [2.75, 3.05) is 14.2 Å². The maximum absolute atomic E-state index is 12.4. The van der Waals surface area contributed by atoms with E-state index in [1.807, 2.05) is 50.2 Å². The van der Waals surface area contributed by atoms with Gasteiger partial charge in [-0.15, -0.1) is 0 Å². The van der Waals surface area contributed by atoms with Crippen LogP contribution in [0.1, 0.15) is 18.1 Å². The van der Waals surface area contributed by atoms with Gasteiger partial charge in [-0.25, -0.2) is 4.98 Å². The molecule has 1 heterocycles. The summed E-state index contributed by atoms with van der Waals surface area (Å²) < 4.78 is 10.5. The van der Waals surface area contributed by atoms with Gasteiger partial charge in [0.05, 0.1) is 30.5 Å². The minimum Gasteiger partial charge on any atom is -0.493 e. The number of rotatable bonds is 7. The molecule has 0 fully saturated rings. The van der Waals surface area contributed by atoms with Crippen LogP contribution < -0.4 is 14.8 Å². The van der Waals surface area contributed by atoms with Crippen LogP contribution in [0.15, 0.2) is 41.6 Å². The molecule has 0 spiro atoms. The zero-order valence-electron chi connectivity index (χ0n) is 15.8. The topological polar surface area (TPSA) is 76.2 Å². The van der Waals surface area contributed by atoms with Crippen LogP contribution in [0.25, 0.3) is 11.0 Å². The van der Waals surface area contributed by atoms with Gasteiger partial charge in [-0.2, -0.15) is 0 Å². The molecule has 3 aromatic rings. The van der Waals surface area contributed by atoms with Crippen LogP contribution in [-0.2, 0) is 11.3 Å². The van der Waals surface area contributed by atoms with Gasteiger partial charge in [0.25, 0.3) is 0 Å². The van der Waals surface area contributed by atoms with Gasteiger partial charge in [-0.1, -0.05) is 23.9 Å². The highest BCUT2D eigenvalue weighted by Gasteiger charge is 2.16. The predicted molar refractivity (Wildman–Crippen MR) is 108 cm³/mol. The van der Waals surface area contributed by atoms with Gasteiger partial charge in [0.15, 0.2) is 16.7 Å². The molecular formula is C20H23N3O3S. The second kappa shape index (κ2) is 8.35. The summed E-state index contributed by atoms with van der Waals surface area (Å²) in [6, 6.07) is 11.6. The standard InChI is InChI=1S/C20H23N3O3S/c1-12-5-7-15-16(9-12)23-20(22-15)27-13(2)19(24)21-11-14-6-8-17(25-3)18(10-14)26-4/h5-10,13H,11H2,1-4H3,(H,21,24)(H,22,23). The normalized spacial score (nSPS) is 12.0. The Hall–Kier alpha value is -2.67. The number of benzene rings is 2. The van der Waals surface area contributed by atoms with E-state index in [0.717, 1.165) is 21.8 Å². The number of nitrogens with zero attached hydrogens (tertiary/aromatic N) is 1. The molecule has 6 nitrogen and oxygen atoms in total. The molecular weight excluding hydrogens is 362 g/mol. The summed E-state index contributed by atoms with van der Waals surface area (Å²) in [6.45, 7) is 4.33. The number of imidazole rings is 1. The highest BCUT2D eigenvalue weighted by atomic mass is 32.2. The highest BCUT2D eigenvalue weighted by molar-refractivity contribution is 8.00. The monoisotopic (exact) mass is 385 g/mol. The van der Waals surface area contributed by atoms with E-state index in [-0.39, 0.29) is 11.2 Å². The van der Waals surface area contributed by atoms with Crippen molar-refractivity contribution in [2.24, 2.45) is 0 Å². The number of hydrogen-bond acceptors (Lipinski definition) is 5. The fourth-order valence-electron chi connectivity index (χ4n) is 2.70. The van der Waals surface area contributed by atoms with Gasteiger partial charge in [0.2, 0.25) is 5.91 Å². The number of thioether (sulfide) groups is 1. The van der Waals surface area contributed by atoms with Gasteiger partial charge in [-0.05, 0) is 49.2 Å². The van der Waals surface area contributed by atoms with Crippen molar-refractivity contribution < 1.29 is 14.3 Å². The molecule has 1 amide bonds. The van der Waals surface area contributed by atoms with E-state index in [0.29, 0.717) is 18.0 Å². The van der Waals surface area contributed by atoms with Crippen LogP contribution in [0.2, 0.25) is 0 Å². The zero-order chi connectivity index (χ0) is 19.4. The molecule has 0 aliphatic rings. The van der Waals surface area contributed by atoms with Crippen molar-refractivity contribution in [1.29, 1.82) is 0 Å². The molecule has 0 aliphatic carbocycles. The molecule has 0 saturated carbocycles. The van der Waals surface area contributed by atoms with E-state index < -0.39 is 0 Å². The lowest BCUT2D eigenvalue weighted by molar-refractivity contribution is -0.120. The molecule has 0 radical (unpaired) electrons. The van der Waals surface area contributed by atoms with E-state index in [1.54, 1.807) is 14.2 Å². The minimum atomic E-state index is -0.271. The van der Waals surface area contributed by atoms with E-state index in [4.69, 9.17) is 9.47 Å². The van der Waals surface area contributed by atoms with Crippen LogP contribution in [0, 0.1) is 6.92 Å². The summed E-state index contributed by atoms with van der Waals surface area (Å²) in [5, 5.41) is 3.42. The molecule has 7 heteroatoms. The summed E-state index contributed by atoms with van der Waals surface area (Å²) in [4.78, 5) is 20.2. The van der Waals surface area contributed by atoms with E-state index in [2.05, 4.69) is 15.3 Å². The van der Waals surface area contributed by atoms with Gasteiger partial charge in [-0.3, -0.25) is 4.79 Å². The maximum atomic E-state index is 12.4. The highest BCUT2D eigenvalue weighted by Crippen LogP contribution is 2.28. The number of carbonyl (C=O) groups excluding carboxylic acids is 1. The number of nitrogens with one attached hydrogen (secondary N) is 2. The second-order valence-electron chi connectivity index (χ2n) is 6.23. The van der Waals surface area contributed by atoms with Crippen molar-refractivity contribution in [1.82, 2.24) is 15.3 Å². The van der Waals surface area contributed by atoms with Gasteiger partial charge < -0.3 is 19.8 Å². The summed E-state index contributed by atoms with van der Waals surface area (Å²) in [5.74, 6) is 1.26. The Morgan fingerprint density at radius 3 is 2.70 bits per heavy atom. The van der Waals surface area contributed by atoms with Crippen LogP contribution in [0.5, 0.6) is 11.5 Å². The first-order valence-electron chi connectivity index (χ1n) is 8.62. The zero-order valence-corrected chi connectivity index (χ0v) is 16.6. The SMILES string of the molecule is COc1ccc(CNC(=O)C(C)Sc2nc3ccc(C)cc3[nH]2)cc1OC. The number of carbonyl (C=O) groups is 1. The van der Waals surface area contributed by atoms with Crippen molar-refractivity contribution in [3.8, 4) is 11.5 Å². The first-order chi connectivity index (χ1) is 13.0. The second-order valence-corrected chi connectivity index (χ2v) is 7.56. The van der Waals surface area contributed by atoms with Crippen LogP contribution in [-0.4, -0.2) is 35.3 Å². The maximum Gasteiger partial charge on any atom is 0.233 e. The number of aromatic amines is 1. The summed E-state index contributed by atoms with van der Waals surface area (Å²) in [6.07, 6.45) is 0. The average Bonchev–Trinajstić information content (AvgIpc) is 3.06. The first kappa shape index (κ1) is 19.1. The average molecular weight is 385 g/mol. The predicted octanol–water partition coefficient (Wildman–Crippen LogP) is 3.69. The Labute approximate surface area is 162 Å². The molecule has 1 atom stereocenters. The fraction of sp³-hybridized carbons (Fsp3) is 0.300. The lowest BCUT2D eigenvalue weighted by Gasteiger charge is -2.12. The third kappa shape index (κ3) is 4.54. The van der Waals surface area contributed by atoms with Crippen molar-refractivity contribution in [2.45, 2.75) is 30.8 Å². The molecule has 0 saturated heterocycles. The van der Waals surface area contributed by atoms with E-state index in [9.17, 15) is 4.79 Å². The fourth-order valence-corrected chi connectivity index (χ4v) is 3.55. The molecule has 27 heavy (non-hydrogen) atoms. The molecule has 1 aromatic heterocycles. The summed E-state index contributed by atoms with van der Waals surface area (Å²) >= 11 is 1.41. The van der Waals surface area contributed by atoms with Gasteiger partial charge in [0, 0.05) is 6.54 Å². The van der Waals surface area contributed by atoms with Crippen molar-refractivity contribution >= 4 is 28.7 Å². The molecule has 2 N–H and O–H groups in total. The van der Waals surface area contributed by atoms with E-state index in [1.165, 1.54) is 17.3 Å². The molecule has 0 aliphatic heterocycles. The Bertz CT molecular complexity index is 955. The molecule has 142 valence electrons. The molecule has 1 unspecified atom stereocenters. The molecule has 2 aromatic carbocycles. The number of ether oxygens (including phenoxy) is 2. The minimum absolute atomic E-state index is 0.0496. The lowest BCUT2D eigenvalue weighted by Crippen LogP contribution is -2.30. The van der Waals surface area contributed by atoms with E-state index >= 15 is 0 Å². The van der Waals surface area contributed by atoms with Crippen LogP contribution >= 0.6 is 11.8 Å². The number of H-pyrrole nitrogens is 1. The summed E-state index contributed by atoms with van der Waals surface area (Å²) in [5.41, 5.74) is 4.00. The van der Waals surface area contributed by atoms with Gasteiger partial charge >= 0.3 is 0 Å². The third-order valence-corrected chi connectivity index (χ3v) is 5.17. The summed E-state index contributed by atoms with van der Waals surface area (Å²) in [7, 11) is 3.19. The van der Waals surface area contributed by atoms with Crippen LogP contribution in [0.4, 0.5) is 0 Å². The number of hydrogen-bond donors (Lipinski definition) is 2. The first-order valence-corrected chi connectivity index (χ1v) is 9.49. The largest absolute Gasteiger partial charge is 0.493 e. The Balaban J connectivity index is 1.60. The number of amides is 1. The third-order valence-electron chi connectivity index (χ3n) is 4.19. The Morgan fingerprint density at radius 1 is 1.19 bits per heavy atom. The number of methoxy groups -OCH3 is 2. The van der Waals surface area contributed by atoms with Crippen molar-refractivity contribution in [3.63, 3.8) is 0 Å². The van der Waals surface area contributed by atoms with Gasteiger partial charge in [0.1, 0.15) is 0 Å². The molecule has 0 bridgehead atoms. The molecule has 3 rings (SSSR count). The smallest absolute Gasteiger partial charge is 0.233 e. The Morgan fingerprint density at radius 2 is 1.96 bits per heavy atom. The number of aryl methyl sites for hydroxylation is 1. The van der Waals surface area contributed by atoms with Crippen LogP contribution in [0.3, 0.4) is 0 Å². The number of aromatic nitrogens is 2. The lowest BCUT2D eigenvalue weighted by atomic mass is 10.2.